The van der Waals surface area contributed by atoms with Gasteiger partial charge in [-0.1, -0.05) is 30.3 Å². The van der Waals surface area contributed by atoms with Gasteiger partial charge < -0.3 is 9.73 Å². The lowest BCUT2D eigenvalue weighted by atomic mass is 10.1. The number of hydrogen-bond acceptors (Lipinski definition) is 3. The van der Waals surface area contributed by atoms with Crippen molar-refractivity contribution >= 4 is 16.7 Å². The predicted molar refractivity (Wildman–Crippen MR) is 77.5 cm³/mol. The molecule has 0 aliphatic rings. The second kappa shape index (κ2) is 4.61. The van der Waals surface area contributed by atoms with E-state index in [1.54, 1.807) is 6.07 Å². The molecule has 0 fully saturated rings. The van der Waals surface area contributed by atoms with E-state index in [0.717, 1.165) is 11.3 Å². The average molecular weight is 251 g/mol. The summed E-state index contributed by atoms with van der Waals surface area (Å²) in [6, 6.07) is 16.7. The highest BCUT2D eigenvalue weighted by molar-refractivity contribution is 5.82. The highest BCUT2D eigenvalue weighted by Gasteiger charge is 2.07. The van der Waals surface area contributed by atoms with Gasteiger partial charge in [0.25, 0.3) is 0 Å². The summed E-state index contributed by atoms with van der Waals surface area (Å²) in [6.45, 7) is 0. The maximum absolute atomic E-state index is 12.2. The Labute approximate surface area is 110 Å². The Morgan fingerprint density at radius 2 is 1.79 bits per heavy atom. The average Bonchev–Trinajstić information content (AvgIpc) is 2.48. The lowest BCUT2D eigenvalue weighted by molar-refractivity contribution is 0.619. The van der Waals surface area contributed by atoms with E-state index < -0.39 is 0 Å². The Morgan fingerprint density at radius 1 is 1.00 bits per heavy atom. The topological polar surface area (TPSA) is 42.2 Å². The highest BCUT2D eigenvalue weighted by atomic mass is 16.3. The molecule has 0 aliphatic carbocycles. The van der Waals surface area contributed by atoms with E-state index in [9.17, 15) is 4.79 Å². The van der Waals surface area contributed by atoms with E-state index in [-0.39, 0.29) is 5.43 Å². The third-order valence-electron chi connectivity index (χ3n) is 3.07. The minimum Gasteiger partial charge on any atom is -0.456 e. The van der Waals surface area contributed by atoms with Gasteiger partial charge in [0.05, 0.1) is 5.39 Å². The van der Waals surface area contributed by atoms with Crippen molar-refractivity contribution in [3.63, 3.8) is 0 Å². The van der Waals surface area contributed by atoms with Crippen LogP contribution in [0.15, 0.2) is 63.8 Å². The Kier molecular flexibility index (Phi) is 2.80. The smallest absolute Gasteiger partial charge is 0.193 e. The van der Waals surface area contributed by atoms with Crippen LogP contribution in [0.1, 0.15) is 0 Å². The molecule has 0 aliphatic heterocycles. The first-order valence-corrected chi connectivity index (χ1v) is 6.09. The lowest BCUT2D eigenvalue weighted by Gasteiger charge is -2.05. The summed E-state index contributed by atoms with van der Waals surface area (Å²) in [7, 11) is 1.82. The minimum absolute atomic E-state index is 0.0304. The molecule has 0 unspecified atom stereocenters. The van der Waals surface area contributed by atoms with Crippen LogP contribution in [0.2, 0.25) is 0 Å². The molecule has 0 atom stereocenters. The van der Waals surface area contributed by atoms with Gasteiger partial charge in [-0.25, -0.2) is 0 Å². The third-order valence-corrected chi connectivity index (χ3v) is 3.07. The Hall–Kier alpha value is -2.55. The van der Waals surface area contributed by atoms with Crippen LogP contribution in [0.4, 0.5) is 5.69 Å². The monoisotopic (exact) mass is 251 g/mol. The summed E-state index contributed by atoms with van der Waals surface area (Å²) < 4.78 is 5.80. The fraction of sp³-hybridized carbons (Fsp3) is 0.0625. The van der Waals surface area contributed by atoms with Gasteiger partial charge in [0.15, 0.2) is 5.43 Å². The van der Waals surface area contributed by atoms with Crippen LogP contribution in [-0.4, -0.2) is 7.05 Å². The molecule has 0 radical (unpaired) electrons. The first kappa shape index (κ1) is 11.5. The van der Waals surface area contributed by atoms with Crippen LogP contribution in [0.25, 0.3) is 22.3 Å². The maximum atomic E-state index is 12.2. The zero-order chi connectivity index (χ0) is 13.2. The quantitative estimate of drug-likeness (QED) is 0.758. The van der Waals surface area contributed by atoms with Crippen LogP contribution in [-0.2, 0) is 0 Å². The van der Waals surface area contributed by atoms with Crippen molar-refractivity contribution in [2.24, 2.45) is 0 Å². The highest BCUT2D eigenvalue weighted by Crippen LogP contribution is 2.23. The van der Waals surface area contributed by atoms with Crippen molar-refractivity contribution in [3.05, 3.63) is 64.8 Å². The van der Waals surface area contributed by atoms with Gasteiger partial charge in [0, 0.05) is 24.4 Å². The largest absolute Gasteiger partial charge is 0.456 e. The molecule has 19 heavy (non-hydrogen) atoms. The number of benzene rings is 2. The van der Waals surface area contributed by atoms with Gasteiger partial charge >= 0.3 is 0 Å². The van der Waals surface area contributed by atoms with Gasteiger partial charge in [-0.2, -0.15) is 0 Å². The number of nitrogens with one attached hydrogen (secondary N) is 1. The molecule has 0 bridgehead atoms. The van der Waals surface area contributed by atoms with E-state index in [0.29, 0.717) is 16.7 Å². The third kappa shape index (κ3) is 2.10. The van der Waals surface area contributed by atoms with Crippen LogP contribution < -0.4 is 10.7 Å². The Balaban J connectivity index is 2.23. The van der Waals surface area contributed by atoms with Crippen molar-refractivity contribution in [3.8, 4) is 11.3 Å². The molecule has 0 amide bonds. The first-order valence-electron chi connectivity index (χ1n) is 6.09. The Bertz CT molecular complexity index is 776. The number of rotatable bonds is 2. The molecule has 0 saturated carbocycles. The molecule has 2 aromatic carbocycles. The van der Waals surface area contributed by atoms with Crippen molar-refractivity contribution < 1.29 is 4.42 Å². The molecule has 94 valence electrons. The number of anilines is 1. The molecule has 0 saturated heterocycles. The fourth-order valence-corrected chi connectivity index (χ4v) is 2.06. The van der Waals surface area contributed by atoms with Crippen molar-refractivity contribution in [1.82, 2.24) is 0 Å². The van der Waals surface area contributed by atoms with E-state index in [2.05, 4.69) is 5.32 Å². The SMILES string of the molecule is CNc1ccc2oc(-c3ccccc3)cc(=O)c2c1. The van der Waals surface area contributed by atoms with Crippen LogP contribution in [0, 0.1) is 0 Å². The fourth-order valence-electron chi connectivity index (χ4n) is 2.06. The van der Waals surface area contributed by atoms with Gasteiger partial charge in [-0.15, -0.1) is 0 Å². The van der Waals surface area contributed by atoms with Gasteiger partial charge in [-0.05, 0) is 18.2 Å². The molecule has 1 heterocycles. The summed E-state index contributed by atoms with van der Waals surface area (Å²) in [5.74, 6) is 0.593. The second-order valence-corrected chi connectivity index (χ2v) is 4.30. The molecule has 3 rings (SSSR count). The van der Waals surface area contributed by atoms with E-state index in [1.807, 2.05) is 49.5 Å². The zero-order valence-corrected chi connectivity index (χ0v) is 10.5. The van der Waals surface area contributed by atoms with E-state index in [4.69, 9.17) is 4.42 Å². The van der Waals surface area contributed by atoms with E-state index in [1.165, 1.54) is 6.07 Å². The molecular weight excluding hydrogens is 238 g/mol. The normalized spacial score (nSPS) is 10.6. The molecule has 0 spiro atoms. The summed E-state index contributed by atoms with van der Waals surface area (Å²) in [6.07, 6.45) is 0. The molecular formula is C16H13NO2. The summed E-state index contributed by atoms with van der Waals surface area (Å²) >= 11 is 0. The summed E-state index contributed by atoms with van der Waals surface area (Å²) in [5, 5.41) is 3.60. The lowest BCUT2D eigenvalue weighted by Crippen LogP contribution is -2.01. The molecule has 1 N–H and O–H groups in total. The second-order valence-electron chi connectivity index (χ2n) is 4.30. The van der Waals surface area contributed by atoms with Crippen molar-refractivity contribution in [2.75, 3.05) is 12.4 Å². The summed E-state index contributed by atoms with van der Waals surface area (Å²) in [5.41, 5.74) is 2.37. The first-order chi connectivity index (χ1) is 9.28. The van der Waals surface area contributed by atoms with Gasteiger partial charge in [-0.3, -0.25) is 4.79 Å². The predicted octanol–water partition coefficient (Wildman–Crippen LogP) is 3.50. The van der Waals surface area contributed by atoms with Crippen molar-refractivity contribution in [2.45, 2.75) is 0 Å². The maximum Gasteiger partial charge on any atom is 0.193 e. The standard InChI is InChI=1S/C16H13NO2/c1-17-12-7-8-15-13(9-12)14(18)10-16(19-15)11-5-3-2-4-6-11/h2-10,17H,1H3. The van der Waals surface area contributed by atoms with Crippen LogP contribution in [0.5, 0.6) is 0 Å². The van der Waals surface area contributed by atoms with Crippen molar-refractivity contribution in [1.29, 1.82) is 0 Å². The van der Waals surface area contributed by atoms with Crippen LogP contribution >= 0.6 is 0 Å². The van der Waals surface area contributed by atoms with Crippen LogP contribution in [0.3, 0.4) is 0 Å². The summed E-state index contributed by atoms with van der Waals surface area (Å²) in [4.78, 5) is 12.2. The minimum atomic E-state index is -0.0304. The van der Waals surface area contributed by atoms with E-state index >= 15 is 0 Å². The number of hydrogen-bond donors (Lipinski definition) is 1. The number of fused-ring (bicyclic) bond motifs is 1. The van der Waals surface area contributed by atoms with Gasteiger partial charge in [0.2, 0.25) is 0 Å². The zero-order valence-electron chi connectivity index (χ0n) is 10.5. The van der Waals surface area contributed by atoms with Gasteiger partial charge in [0.1, 0.15) is 11.3 Å². The molecule has 1 aromatic heterocycles. The molecule has 3 nitrogen and oxygen atoms in total. The Morgan fingerprint density at radius 3 is 2.53 bits per heavy atom. The molecule has 3 heteroatoms. The molecule has 3 aromatic rings.